The molecule has 2 heterocycles. The second-order valence-corrected chi connectivity index (χ2v) is 5.70. The maximum Gasteiger partial charge on any atom is 0.241 e. The van der Waals surface area contributed by atoms with Gasteiger partial charge in [0.05, 0.1) is 17.5 Å². The molecular formula is C13H15N3O2S. The summed E-state index contributed by atoms with van der Waals surface area (Å²) < 4.78 is 0. The smallest absolute Gasteiger partial charge is 0.241 e. The molecule has 0 saturated carbocycles. The van der Waals surface area contributed by atoms with Gasteiger partial charge in [0, 0.05) is 10.6 Å². The Hall–Kier alpha value is -1.53. The first-order chi connectivity index (χ1) is 9.22. The molecule has 2 amide bonds. The standard InChI is InChI=1S/C13H15N3O2S/c17-12-7-19-11-4-3-8(6-10(11)16-12)15-13(18)9-2-1-5-14-9/h3-4,6,9,14H,1-2,5,7H2,(H,15,18)(H,16,17). The van der Waals surface area contributed by atoms with Crippen LogP contribution in [0.3, 0.4) is 0 Å². The lowest BCUT2D eigenvalue weighted by molar-refractivity contribution is -0.117. The van der Waals surface area contributed by atoms with Crippen molar-refractivity contribution in [2.45, 2.75) is 23.8 Å². The monoisotopic (exact) mass is 277 g/mol. The van der Waals surface area contributed by atoms with Crippen molar-refractivity contribution < 1.29 is 9.59 Å². The van der Waals surface area contributed by atoms with Crippen LogP contribution in [0.25, 0.3) is 0 Å². The van der Waals surface area contributed by atoms with E-state index in [2.05, 4.69) is 16.0 Å². The van der Waals surface area contributed by atoms with Crippen LogP contribution >= 0.6 is 11.8 Å². The molecule has 0 radical (unpaired) electrons. The average molecular weight is 277 g/mol. The summed E-state index contributed by atoms with van der Waals surface area (Å²) in [7, 11) is 0. The summed E-state index contributed by atoms with van der Waals surface area (Å²) in [4.78, 5) is 24.4. The van der Waals surface area contributed by atoms with Crippen LogP contribution in [-0.4, -0.2) is 30.2 Å². The first-order valence-corrected chi connectivity index (χ1v) is 7.32. The Balaban J connectivity index is 1.73. The van der Waals surface area contributed by atoms with Gasteiger partial charge >= 0.3 is 0 Å². The third-order valence-corrected chi connectivity index (χ3v) is 4.33. The number of amides is 2. The van der Waals surface area contributed by atoms with Gasteiger partial charge < -0.3 is 16.0 Å². The minimum atomic E-state index is -0.0972. The molecule has 2 aliphatic heterocycles. The van der Waals surface area contributed by atoms with E-state index in [0.29, 0.717) is 5.75 Å². The molecule has 2 aliphatic rings. The van der Waals surface area contributed by atoms with Crippen molar-refractivity contribution >= 4 is 35.0 Å². The molecule has 6 heteroatoms. The zero-order valence-electron chi connectivity index (χ0n) is 10.4. The van der Waals surface area contributed by atoms with Gasteiger partial charge in [0.15, 0.2) is 0 Å². The Morgan fingerprint density at radius 3 is 3.11 bits per heavy atom. The van der Waals surface area contributed by atoms with E-state index in [4.69, 9.17) is 0 Å². The van der Waals surface area contributed by atoms with Crippen LogP contribution in [0.15, 0.2) is 23.1 Å². The van der Waals surface area contributed by atoms with E-state index in [0.717, 1.165) is 35.7 Å². The fraction of sp³-hybridized carbons (Fsp3) is 0.385. The maximum absolute atomic E-state index is 12.0. The topological polar surface area (TPSA) is 70.2 Å². The fourth-order valence-electron chi connectivity index (χ4n) is 2.30. The lowest BCUT2D eigenvalue weighted by atomic mass is 10.2. The fourth-order valence-corrected chi connectivity index (χ4v) is 3.09. The molecule has 100 valence electrons. The predicted octanol–water partition coefficient (Wildman–Crippen LogP) is 1.42. The molecule has 0 bridgehead atoms. The Labute approximate surface area is 115 Å². The summed E-state index contributed by atoms with van der Waals surface area (Å²) in [6.45, 7) is 0.898. The highest BCUT2D eigenvalue weighted by molar-refractivity contribution is 8.00. The zero-order chi connectivity index (χ0) is 13.2. The van der Waals surface area contributed by atoms with Crippen LogP contribution in [0.1, 0.15) is 12.8 Å². The SMILES string of the molecule is O=C1CSc2ccc(NC(=O)C3CCCN3)cc2N1. The van der Waals surface area contributed by atoms with E-state index in [1.165, 1.54) is 11.8 Å². The predicted molar refractivity (Wildman–Crippen MR) is 75.5 cm³/mol. The highest BCUT2D eigenvalue weighted by Gasteiger charge is 2.22. The number of fused-ring (bicyclic) bond motifs is 1. The largest absolute Gasteiger partial charge is 0.325 e. The molecule has 1 aromatic carbocycles. The van der Waals surface area contributed by atoms with Crippen molar-refractivity contribution in [3.05, 3.63) is 18.2 Å². The Bertz CT molecular complexity index is 527. The lowest BCUT2D eigenvalue weighted by Gasteiger charge is -2.18. The zero-order valence-corrected chi connectivity index (χ0v) is 11.2. The summed E-state index contributed by atoms with van der Waals surface area (Å²) in [6, 6.07) is 5.51. The van der Waals surface area contributed by atoms with Gasteiger partial charge in [-0.15, -0.1) is 11.8 Å². The minimum absolute atomic E-state index is 0.00145. The van der Waals surface area contributed by atoms with Crippen LogP contribution in [0.2, 0.25) is 0 Å². The van der Waals surface area contributed by atoms with Crippen molar-refractivity contribution in [1.29, 1.82) is 0 Å². The molecule has 1 atom stereocenters. The van der Waals surface area contributed by atoms with Gasteiger partial charge in [-0.2, -0.15) is 0 Å². The molecule has 19 heavy (non-hydrogen) atoms. The first-order valence-electron chi connectivity index (χ1n) is 6.33. The number of thioether (sulfide) groups is 1. The number of anilines is 2. The molecule has 1 aromatic rings. The van der Waals surface area contributed by atoms with E-state index in [9.17, 15) is 9.59 Å². The highest BCUT2D eigenvalue weighted by atomic mass is 32.2. The molecule has 1 fully saturated rings. The number of hydrogen-bond acceptors (Lipinski definition) is 4. The summed E-state index contributed by atoms with van der Waals surface area (Å²) in [6.07, 6.45) is 1.92. The van der Waals surface area contributed by atoms with Crippen LogP contribution < -0.4 is 16.0 Å². The van der Waals surface area contributed by atoms with Crippen molar-refractivity contribution in [3.63, 3.8) is 0 Å². The molecule has 1 saturated heterocycles. The van der Waals surface area contributed by atoms with E-state index in [1.54, 1.807) is 0 Å². The minimum Gasteiger partial charge on any atom is -0.325 e. The van der Waals surface area contributed by atoms with Crippen molar-refractivity contribution in [1.82, 2.24) is 5.32 Å². The Morgan fingerprint density at radius 2 is 2.32 bits per heavy atom. The van der Waals surface area contributed by atoms with Crippen molar-refractivity contribution in [3.8, 4) is 0 Å². The molecule has 3 N–H and O–H groups in total. The highest BCUT2D eigenvalue weighted by Crippen LogP contribution is 2.33. The Kier molecular flexibility index (Phi) is 3.44. The average Bonchev–Trinajstić information content (AvgIpc) is 2.92. The van der Waals surface area contributed by atoms with Gasteiger partial charge in [-0.25, -0.2) is 0 Å². The van der Waals surface area contributed by atoms with E-state index in [1.807, 2.05) is 18.2 Å². The second-order valence-electron chi connectivity index (χ2n) is 4.69. The number of carbonyl (C=O) groups is 2. The number of hydrogen-bond donors (Lipinski definition) is 3. The summed E-state index contributed by atoms with van der Waals surface area (Å²) in [5.41, 5.74) is 1.50. The van der Waals surface area contributed by atoms with Gasteiger partial charge in [-0.05, 0) is 37.6 Å². The third kappa shape index (κ3) is 2.74. The first kappa shape index (κ1) is 12.5. The molecule has 0 spiro atoms. The van der Waals surface area contributed by atoms with Crippen LogP contribution in [0, 0.1) is 0 Å². The third-order valence-electron chi connectivity index (χ3n) is 3.26. The van der Waals surface area contributed by atoms with Crippen LogP contribution in [0.5, 0.6) is 0 Å². The number of nitrogens with one attached hydrogen (secondary N) is 3. The molecule has 0 aliphatic carbocycles. The number of rotatable bonds is 2. The summed E-state index contributed by atoms with van der Waals surface area (Å²) in [5, 5.41) is 8.86. The van der Waals surface area contributed by atoms with Gasteiger partial charge in [-0.3, -0.25) is 9.59 Å². The summed E-state index contributed by atoms with van der Waals surface area (Å²) >= 11 is 1.51. The molecule has 0 aromatic heterocycles. The van der Waals surface area contributed by atoms with Crippen LogP contribution in [0.4, 0.5) is 11.4 Å². The quantitative estimate of drug-likeness (QED) is 0.764. The van der Waals surface area contributed by atoms with Crippen molar-refractivity contribution in [2.75, 3.05) is 22.9 Å². The van der Waals surface area contributed by atoms with Crippen molar-refractivity contribution in [2.24, 2.45) is 0 Å². The molecular weight excluding hydrogens is 262 g/mol. The van der Waals surface area contributed by atoms with Gasteiger partial charge in [0.25, 0.3) is 0 Å². The van der Waals surface area contributed by atoms with E-state index < -0.39 is 0 Å². The lowest BCUT2D eigenvalue weighted by Crippen LogP contribution is -2.35. The number of carbonyl (C=O) groups excluding carboxylic acids is 2. The molecule has 1 unspecified atom stereocenters. The Morgan fingerprint density at radius 1 is 1.42 bits per heavy atom. The number of benzene rings is 1. The maximum atomic E-state index is 12.0. The van der Waals surface area contributed by atoms with Gasteiger partial charge in [0.1, 0.15) is 0 Å². The van der Waals surface area contributed by atoms with E-state index >= 15 is 0 Å². The van der Waals surface area contributed by atoms with Gasteiger partial charge in [0.2, 0.25) is 11.8 Å². The van der Waals surface area contributed by atoms with Crippen LogP contribution in [-0.2, 0) is 9.59 Å². The molecule has 3 rings (SSSR count). The second kappa shape index (κ2) is 5.22. The van der Waals surface area contributed by atoms with E-state index in [-0.39, 0.29) is 17.9 Å². The molecule has 5 nitrogen and oxygen atoms in total. The van der Waals surface area contributed by atoms with Gasteiger partial charge in [-0.1, -0.05) is 0 Å². The normalized spacial score (nSPS) is 21.7. The summed E-state index contributed by atoms with van der Waals surface area (Å²) in [5.74, 6) is 0.440.